The maximum atomic E-state index is 13.3. The van der Waals surface area contributed by atoms with E-state index in [1.165, 1.54) is 12.1 Å². The van der Waals surface area contributed by atoms with E-state index in [-0.39, 0.29) is 29.5 Å². The number of unbranched alkanes of at least 4 members (excludes halogenated alkanes) is 1. The lowest BCUT2D eigenvalue weighted by Gasteiger charge is -2.18. The lowest BCUT2D eigenvalue weighted by atomic mass is 9.88. The minimum absolute atomic E-state index is 0.0609. The normalized spacial score (nSPS) is 18.9. The van der Waals surface area contributed by atoms with Gasteiger partial charge >= 0.3 is 0 Å². The van der Waals surface area contributed by atoms with Crippen molar-refractivity contribution in [2.24, 2.45) is 5.92 Å². The number of carbonyl (C=O) groups excluding carboxylic acids is 2. The summed E-state index contributed by atoms with van der Waals surface area (Å²) in [5.41, 5.74) is 1.40. The topological polar surface area (TPSA) is 49.4 Å². The quantitative estimate of drug-likeness (QED) is 0.734. The first-order valence-electron chi connectivity index (χ1n) is 9.57. The van der Waals surface area contributed by atoms with E-state index >= 15 is 0 Å². The number of likely N-dealkylation sites (tertiary alicyclic amines) is 1. The summed E-state index contributed by atoms with van der Waals surface area (Å²) in [6.45, 7) is 3.43. The van der Waals surface area contributed by atoms with E-state index in [1.807, 2.05) is 0 Å². The Morgan fingerprint density at radius 3 is 2.43 bits per heavy atom. The summed E-state index contributed by atoms with van der Waals surface area (Å²) in [6.07, 6.45) is 1.90. The number of halogens is 2. The Labute approximate surface area is 169 Å². The molecule has 0 saturated carbocycles. The van der Waals surface area contributed by atoms with Gasteiger partial charge in [-0.3, -0.25) is 9.59 Å². The SMILES string of the molecule is CCCCNC(=O)[C@@H]1CN(C(=O)c2ccc(Cl)cc2)C[C@H]1c1ccc(F)cc1. The van der Waals surface area contributed by atoms with Crippen LogP contribution in [0.3, 0.4) is 0 Å². The van der Waals surface area contributed by atoms with Gasteiger partial charge in [0.15, 0.2) is 0 Å². The highest BCUT2D eigenvalue weighted by molar-refractivity contribution is 6.30. The highest BCUT2D eigenvalue weighted by Gasteiger charge is 2.40. The number of amides is 2. The predicted octanol–water partition coefficient (Wildman–Crippen LogP) is 4.25. The highest BCUT2D eigenvalue weighted by Crippen LogP contribution is 2.34. The molecule has 1 heterocycles. The number of nitrogens with one attached hydrogen (secondary N) is 1. The smallest absolute Gasteiger partial charge is 0.253 e. The van der Waals surface area contributed by atoms with Gasteiger partial charge in [-0.25, -0.2) is 4.39 Å². The third-order valence-corrected chi connectivity index (χ3v) is 5.41. The molecule has 1 aliphatic heterocycles. The number of rotatable bonds is 6. The number of hydrogen-bond acceptors (Lipinski definition) is 2. The third-order valence-electron chi connectivity index (χ3n) is 5.16. The highest BCUT2D eigenvalue weighted by atomic mass is 35.5. The van der Waals surface area contributed by atoms with Crippen molar-refractivity contribution < 1.29 is 14.0 Å². The van der Waals surface area contributed by atoms with Crippen LogP contribution in [0.2, 0.25) is 5.02 Å². The molecule has 0 bridgehead atoms. The van der Waals surface area contributed by atoms with Crippen molar-refractivity contribution in [2.45, 2.75) is 25.7 Å². The molecule has 4 nitrogen and oxygen atoms in total. The molecular weight excluding hydrogens is 379 g/mol. The molecule has 1 N–H and O–H groups in total. The van der Waals surface area contributed by atoms with Gasteiger partial charge in [0.2, 0.25) is 5.91 Å². The Morgan fingerprint density at radius 2 is 1.79 bits per heavy atom. The zero-order chi connectivity index (χ0) is 20.1. The average molecular weight is 403 g/mol. The number of benzene rings is 2. The van der Waals surface area contributed by atoms with Crippen LogP contribution in [0.15, 0.2) is 48.5 Å². The molecule has 1 saturated heterocycles. The fourth-order valence-electron chi connectivity index (χ4n) is 3.58. The van der Waals surface area contributed by atoms with Crippen molar-refractivity contribution in [3.8, 4) is 0 Å². The van der Waals surface area contributed by atoms with Crippen molar-refractivity contribution in [3.05, 3.63) is 70.5 Å². The average Bonchev–Trinajstić information content (AvgIpc) is 3.14. The van der Waals surface area contributed by atoms with E-state index < -0.39 is 0 Å². The second-order valence-electron chi connectivity index (χ2n) is 7.13. The van der Waals surface area contributed by atoms with Crippen LogP contribution >= 0.6 is 11.6 Å². The number of carbonyl (C=O) groups is 2. The van der Waals surface area contributed by atoms with Crippen molar-refractivity contribution >= 4 is 23.4 Å². The molecule has 2 aromatic carbocycles. The van der Waals surface area contributed by atoms with Crippen LogP contribution in [0, 0.1) is 11.7 Å². The van der Waals surface area contributed by atoms with Crippen LogP contribution in [0.1, 0.15) is 41.6 Å². The fraction of sp³-hybridized carbons (Fsp3) is 0.364. The Morgan fingerprint density at radius 1 is 1.11 bits per heavy atom. The minimum Gasteiger partial charge on any atom is -0.356 e. The first-order chi connectivity index (χ1) is 13.5. The van der Waals surface area contributed by atoms with Gasteiger partial charge in [-0.15, -0.1) is 0 Å². The maximum Gasteiger partial charge on any atom is 0.253 e. The molecule has 148 valence electrons. The second kappa shape index (κ2) is 9.20. The van der Waals surface area contributed by atoms with E-state index in [9.17, 15) is 14.0 Å². The summed E-state index contributed by atoms with van der Waals surface area (Å²) in [4.78, 5) is 27.4. The minimum atomic E-state index is -0.362. The van der Waals surface area contributed by atoms with Crippen LogP contribution in [-0.2, 0) is 4.79 Å². The first kappa shape index (κ1) is 20.3. The molecule has 0 aliphatic carbocycles. The molecule has 0 unspecified atom stereocenters. The molecule has 0 spiro atoms. The zero-order valence-electron chi connectivity index (χ0n) is 15.8. The molecule has 2 atom stereocenters. The molecule has 3 rings (SSSR count). The largest absolute Gasteiger partial charge is 0.356 e. The van der Waals surface area contributed by atoms with E-state index in [4.69, 9.17) is 11.6 Å². The summed E-state index contributed by atoms with van der Waals surface area (Å²) in [6, 6.07) is 12.9. The van der Waals surface area contributed by atoms with Gasteiger partial charge in [-0.1, -0.05) is 37.1 Å². The van der Waals surface area contributed by atoms with Crippen LogP contribution < -0.4 is 5.32 Å². The molecule has 6 heteroatoms. The second-order valence-corrected chi connectivity index (χ2v) is 7.56. The third kappa shape index (κ3) is 4.71. The summed E-state index contributed by atoms with van der Waals surface area (Å²) < 4.78 is 13.3. The molecule has 28 heavy (non-hydrogen) atoms. The molecule has 1 fully saturated rings. The van der Waals surface area contributed by atoms with Crippen molar-refractivity contribution in [3.63, 3.8) is 0 Å². The molecule has 2 aromatic rings. The van der Waals surface area contributed by atoms with Gasteiger partial charge in [0.1, 0.15) is 5.82 Å². The van der Waals surface area contributed by atoms with Gasteiger partial charge in [-0.2, -0.15) is 0 Å². The van der Waals surface area contributed by atoms with Gasteiger partial charge in [0.25, 0.3) is 5.91 Å². The number of hydrogen-bond donors (Lipinski definition) is 1. The van der Waals surface area contributed by atoms with Gasteiger partial charge < -0.3 is 10.2 Å². The standard InChI is InChI=1S/C22H24ClFN2O2/c1-2-3-12-25-21(27)20-14-26(22(28)16-4-8-17(23)9-5-16)13-19(20)15-6-10-18(24)11-7-15/h4-11,19-20H,2-3,12-14H2,1H3,(H,25,27)/t19-,20+/m0/s1. The Balaban J connectivity index is 1.81. The Kier molecular flexibility index (Phi) is 6.68. The van der Waals surface area contributed by atoms with Crippen molar-refractivity contribution in [1.82, 2.24) is 10.2 Å². The van der Waals surface area contributed by atoms with E-state index in [2.05, 4.69) is 12.2 Å². The van der Waals surface area contributed by atoms with Crippen molar-refractivity contribution in [2.75, 3.05) is 19.6 Å². The number of nitrogens with zero attached hydrogens (tertiary/aromatic N) is 1. The van der Waals surface area contributed by atoms with E-state index in [0.29, 0.717) is 30.2 Å². The zero-order valence-corrected chi connectivity index (χ0v) is 16.6. The van der Waals surface area contributed by atoms with E-state index in [0.717, 1.165) is 18.4 Å². The lowest BCUT2D eigenvalue weighted by Crippen LogP contribution is -2.36. The summed E-state index contributed by atoms with van der Waals surface area (Å²) in [5, 5.41) is 3.54. The maximum absolute atomic E-state index is 13.3. The van der Waals surface area contributed by atoms with Crippen LogP contribution in [-0.4, -0.2) is 36.3 Å². The van der Waals surface area contributed by atoms with E-state index in [1.54, 1.807) is 41.3 Å². The monoisotopic (exact) mass is 402 g/mol. The Hall–Kier alpha value is -2.40. The lowest BCUT2D eigenvalue weighted by molar-refractivity contribution is -0.124. The molecule has 0 aromatic heterocycles. The summed E-state index contributed by atoms with van der Waals surface area (Å²) in [5.74, 6) is -1.04. The van der Waals surface area contributed by atoms with Gasteiger partial charge in [0, 0.05) is 36.1 Å². The van der Waals surface area contributed by atoms with Crippen LogP contribution in [0.4, 0.5) is 4.39 Å². The van der Waals surface area contributed by atoms with Gasteiger partial charge in [0.05, 0.1) is 5.92 Å². The Bertz CT molecular complexity index is 823. The van der Waals surface area contributed by atoms with Crippen LogP contribution in [0.5, 0.6) is 0 Å². The molecule has 0 radical (unpaired) electrons. The van der Waals surface area contributed by atoms with Crippen LogP contribution in [0.25, 0.3) is 0 Å². The molecule has 1 aliphatic rings. The first-order valence-corrected chi connectivity index (χ1v) is 9.95. The van der Waals surface area contributed by atoms with Crippen molar-refractivity contribution in [1.29, 1.82) is 0 Å². The van der Waals surface area contributed by atoms with Gasteiger partial charge in [-0.05, 0) is 48.4 Å². The molecular formula is C22H24ClFN2O2. The predicted molar refractivity (Wildman–Crippen MR) is 108 cm³/mol. The summed E-state index contributed by atoms with van der Waals surface area (Å²) in [7, 11) is 0. The molecule has 2 amide bonds. The fourth-order valence-corrected chi connectivity index (χ4v) is 3.70. The summed E-state index contributed by atoms with van der Waals surface area (Å²) >= 11 is 5.91.